The van der Waals surface area contributed by atoms with Gasteiger partial charge in [0.25, 0.3) is 11.8 Å². The van der Waals surface area contributed by atoms with Crippen molar-refractivity contribution < 1.29 is 29.7 Å². The highest BCUT2D eigenvalue weighted by molar-refractivity contribution is 6.05. The number of hydrogen-bond acceptors (Lipinski definition) is 9. The lowest BCUT2D eigenvalue weighted by atomic mass is 9.89. The molecule has 0 spiro atoms. The van der Waals surface area contributed by atoms with Crippen molar-refractivity contribution in [3.05, 3.63) is 106 Å². The summed E-state index contributed by atoms with van der Waals surface area (Å²) < 4.78 is 0. The van der Waals surface area contributed by atoms with E-state index in [2.05, 4.69) is 31.2 Å². The summed E-state index contributed by atoms with van der Waals surface area (Å²) in [4.78, 5) is 47.4. The van der Waals surface area contributed by atoms with Crippen LogP contribution in [0, 0.1) is 13.8 Å². The fraction of sp³-hybridized carbons (Fsp3) is 0.390. The van der Waals surface area contributed by atoms with Crippen molar-refractivity contribution in [1.29, 1.82) is 0 Å². The summed E-state index contributed by atoms with van der Waals surface area (Å²) >= 11 is 0. The summed E-state index contributed by atoms with van der Waals surface area (Å²) in [6.07, 6.45) is 8.90. The quantitative estimate of drug-likeness (QED) is 0.0865. The predicted molar refractivity (Wildman–Crippen MR) is 201 cm³/mol. The van der Waals surface area contributed by atoms with E-state index in [1.807, 2.05) is 56.3 Å². The van der Waals surface area contributed by atoms with Gasteiger partial charge in [-0.1, -0.05) is 24.3 Å². The second-order valence-electron chi connectivity index (χ2n) is 14.6. The van der Waals surface area contributed by atoms with E-state index < -0.39 is 18.6 Å². The molecule has 0 unspecified atom stereocenters. The predicted octanol–water partition coefficient (Wildman–Crippen LogP) is 5.17. The van der Waals surface area contributed by atoms with Gasteiger partial charge >= 0.3 is 5.97 Å². The van der Waals surface area contributed by atoms with Crippen LogP contribution in [0.3, 0.4) is 0 Å². The van der Waals surface area contributed by atoms with Crippen LogP contribution in [-0.2, 0) is 17.9 Å². The van der Waals surface area contributed by atoms with Gasteiger partial charge < -0.3 is 31.3 Å². The van der Waals surface area contributed by atoms with Crippen LogP contribution in [0.1, 0.15) is 105 Å². The van der Waals surface area contributed by atoms with Crippen LogP contribution in [0.2, 0.25) is 0 Å². The van der Waals surface area contributed by atoms with E-state index in [-0.39, 0.29) is 36.1 Å². The minimum absolute atomic E-state index is 0.213. The minimum Gasteiger partial charge on any atom is -0.480 e. The Labute approximate surface area is 308 Å². The third-order valence-corrected chi connectivity index (χ3v) is 10.7. The van der Waals surface area contributed by atoms with Gasteiger partial charge in [-0.05, 0) is 133 Å². The van der Waals surface area contributed by atoms with Gasteiger partial charge in [0.1, 0.15) is 17.4 Å². The van der Waals surface area contributed by atoms with Crippen molar-refractivity contribution in [2.45, 2.75) is 95.5 Å². The van der Waals surface area contributed by atoms with Crippen molar-refractivity contribution in [1.82, 2.24) is 20.6 Å². The largest absolute Gasteiger partial charge is 0.480 e. The molecule has 3 aliphatic carbocycles. The third-order valence-electron chi connectivity index (χ3n) is 10.7. The first kappa shape index (κ1) is 36.4. The third kappa shape index (κ3) is 8.31. The lowest BCUT2D eigenvalue weighted by Crippen LogP contribution is -2.43. The first-order chi connectivity index (χ1) is 25.6. The number of anilines is 2. The second-order valence-corrected chi connectivity index (χ2v) is 14.6. The first-order valence-corrected chi connectivity index (χ1v) is 18.4. The summed E-state index contributed by atoms with van der Waals surface area (Å²) in [7, 11) is 0. The fourth-order valence-electron chi connectivity index (χ4n) is 7.06. The molecule has 7 rings (SSSR count). The number of nitrogens with zero attached hydrogens (tertiary/aromatic N) is 2. The van der Waals surface area contributed by atoms with Gasteiger partial charge in [-0.25, -0.2) is 0 Å². The highest BCUT2D eigenvalue weighted by atomic mass is 16.4. The standard InChI is InChI=1S/C41H46N6O6/c1-22-30(5-3-7-34(22)46-39(50)36-15-32(24-9-10-24)26(18-43-36)17-42-28-13-29(49)14-28)31-6-4-8-35(23(31)2)47-40(51)37-16-33(25-11-12-25)27(19-44-37)20-45-38(21-48)41(52)53/h3-8,15-16,18-19,24-25,28-29,38,42,45,48-49H,9-14,17,20-21H2,1-2H3,(H,46,50)(H,47,51)(H,52,53)/t28-,29-,38-/m1/s1. The Morgan fingerprint density at radius 3 is 1.70 bits per heavy atom. The number of carboxylic acids is 1. The lowest BCUT2D eigenvalue weighted by molar-refractivity contribution is -0.140. The number of carbonyl (C=O) groups is 3. The van der Waals surface area contributed by atoms with Crippen molar-refractivity contribution in [3.63, 3.8) is 0 Å². The van der Waals surface area contributed by atoms with Crippen molar-refractivity contribution in [3.8, 4) is 11.1 Å². The van der Waals surface area contributed by atoms with Crippen molar-refractivity contribution in [2.24, 2.45) is 0 Å². The Kier molecular flexibility index (Phi) is 10.7. The Hall–Kier alpha value is -5.01. The van der Waals surface area contributed by atoms with Crippen LogP contribution in [0.5, 0.6) is 0 Å². The number of pyridine rings is 2. The highest BCUT2D eigenvalue weighted by Gasteiger charge is 2.31. The van der Waals surface area contributed by atoms with E-state index in [0.717, 1.165) is 83.0 Å². The Morgan fingerprint density at radius 1 is 0.774 bits per heavy atom. The summed E-state index contributed by atoms with van der Waals surface area (Å²) in [5.41, 5.74) is 9.53. The van der Waals surface area contributed by atoms with Crippen LogP contribution in [0.4, 0.5) is 11.4 Å². The minimum atomic E-state index is -1.13. The Bertz CT molecular complexity index is 2040. The SMILES string of the molecule is Cc1c(NC(=O)c2cc(C3CC3)c(CN[C@H](CO)C(=O)O)cn2)cccc1-c1cccc(NC(=O)c2cc(C3CC3)c(CN[C@H]3C[C@H](O)C3)cn2)c1C. The number of aromatic nitrogens is 2. The molecule has 0 aliphatic heterocycles. The Morgan fingerprint density at radius 2 is 1.26 bits per heavy atom. The van der Waals surface area contributed by atoms with Gasteiger partial charge in [0, 0.05) is 42.9 Å². The summed E-state index contributed by atoms with van der Waals surface area (Å²) in [5.74, 6) is -1.04. The molecule has 2 amide bonds. The Balaban J connectivity index is 1.05. The van der Waals surface area contributed by atoms with Crippen molar-refractivity contribution >= 4 is 29.2 Å². The van der Waals surface area contributed by atoms with Crippen LogP contribution < -0.4 is 21.3 Å². The number of carboxylic acid groups (broad SMARTS) is 1. The lowest BCUT2D eigenvalue weighted by Gasteiger charge is -2.32. The molecule has 4 aromatic rings. The molecule has 53 heavy (non-hydrogen) atoms. The van der Waals surface area contributed by atoms with E-state index in [0.29, 0.717) is 35.6 Å². The molecular weight excluding hydrogens is 672 g/mol. The normalized spacial score (nSPS) is 18.6. The maximum Gasteiger partial charge on any atom is 0.323 e. The number of nitrogens with one attached hydrogen (secondary N) is 4. The summed E-state index contributed by atoms with van der Waals surface area (Å²) in [6, 6.07) is 14.4. The van der Waals surface area contributed by atoms with E-state index >= 15 is 0 Å². The zero-order chi connectivity index (χ0) is 37.2. The van der Waals surface area contributed by atoms with Crippen LogP contribution in [0.15, 0.2) is 60.9 Å². The van der Waals surface area contributed by atoms with Gasteiger partial charge in [-0.2, -0.15) is 0 Å². The molecule has 2 heterocycles. The van der Waals surface area contributed by atoms with Gasteiger partial charge in [-0.15, -0.1) is 0 Å². The van der Waals surface area contributed by atoms with Gasteiger partial charge in [-0.3, -0.25) is 29.7 Å². The van der Waals surface area contributed by atoms with Gasteiger partial charge in [0.05, 0.1) is 12.7 Å². The van der Waals surface area contributed by atoms with Gasteiger partial charge in [0.15, 0.2) is 0 Å². The van der Waals surface area contributed by atoms with E-state index in [4.69, 9.17) is 0 Å². The molecule has 12 nitrogen and oxygen atoms in total. The molecule has 3 saturated carbocycles. The van der Waals surface area contributed by atoms with E-state index in [1.165, 1.54) is 0 Å². The molecule has 3 aliphatic rings. The van der Waals surface area contributed by atoms with Gasteiger partial charge in [0.2, 0.25) is 0 Å². The second kappa shape index (κ2) is 15.5. The molecule has 1 atom stereocenters. The fourth-order valence-corrected chi connectivity index (χ4v) is 7.06. The number of rotatable bonds is 15. The molecule has 0 saturated heterocycles. The summed E-state index contributed by atoms with van der Waals surface area (Å²) in [5, 5.41) is 40.7. The number of amides is 2. The number of aliphatic hydroxyl groups excluding tert-OH is 2. The molecule has 12 heteroatoms. The molecule has 0 radical (unpaired) electrons. The first-order valence-electron chi connectivity index (χ1n) is 18.4. The monoisotopic (exact) mass is 718 g/mol. The number of aliphatic carboxylic acids is 1. The molecule has 3 fully saturated rings. The maximum atomic E-state index is 13.5. The molecule has 0 bridgehead atoms. The average Bonchev–Trinajstić information content (AvgIpc) is 4.06. The number of benzene rings is 2. The topological polar surface area (TPSA) is 186 Å². The molecule has 276 valence electrons. The molecule has 2 aromatic heterocycles. The zero-order valence-electron chi connectivity index (χ0n) is 30.0. The maximum absolute atomic E-state index is 13.5. The highest BCUT2D eigenvalue weighted by Crippen LogP contribution is 2.43. The van der Waals surface area contributed by atoms with E-state index in [1.54, 1.807) is 18.5 Å². The van der Waals surface area contributed by atoms with Crippen LogP contribution >= 0.6 is 0 Å². The number of aliphatic hydroxyl groups is 2. The van der Waals surface area contributed by atoms with Crippen LogP contribution in [0.25, 0.3) is 11.1 Å². The number of hydrogen-bond donors (Lipinski definition) is 7. The average molecular weight is 719 g/mol. The summed E-state index contributed by atoms with van der Waals surface area (Å²) in [6.45, 7) is 4.26. The molecule has 7 N–H and O–H groups in total. The van der Waals surface area contributed by atoms with E-state index in [9.17, 15) is 29.7 Å². The van der Waals surface area contributed by atoms with Crippen LogP contribution in [-0.4, -0.2) is 67.9 Å². The smallest absolute Gasteiger partial charge is 0.323 e. The zero-order valence-corrected chi connectivity index (χ0v) is 30.0. The molecular formula is C41H46N6O6. The molecule has 2 aromatic carbocycles. The number of carbonyl (C=O) groups excluding carboxylic acids is 2. The van der Waals surface area contributed by atoms with Crippen molar-refractivity contribution in [2.75, 3.05) is 17.2 Å².